The van der Waals surface area contributed by atoms with E-state index in [0.717, 1.165) is 29.2 Å². The molecule has 3 heterocycles. The van der Waals surface area contributed by atoms with E-state index in [1.54, 1.807) is 20.8 Å². The lowest BCUT2D eigenvalue weighted by atomic mass is 9.79. The number of carbonyl (C=O) groups excluding carboxylic acids is 2. The van der Waals surface area contributed by atoms with E-state index in [1.165, 1.54) is 11.1 Å². The molecule has 37 heavy (non-hydrogen) atoms. The van der Waals surface area contributed by atoms with E-state index in [-0.39, 0.29) is 53.1 Å². The van der Waals surface area contributed by atoms with Gasteiger partial charge in [-0.2, -0.15) is 0 Å². The van der Waals surface area contributed by atoms with E-state index in [1.807, 2.05) is 0 Å². The quantitative estimate of drug-likeness (QED) is 0.495. The number of carbonyl (C=O) groups is 2. The van der Waals surface area contributed by atoms with Crippen molar-refractivity contribution in [1.82, 2.24) is 14.8 Å². The Kier molecular flexibility index (Phi) is 7.19. The second kappa shape index (κ2) is 9.67. The average molecular weight is 576 g/mol. The van der Waals surface area contributed by atoms with Gasteiger partial charge in [0.25, 0.3) is 5.91 Å². The maximum Gasteiger partial charge on any atom is 0.411 e. The number of sulfone groups is 1. The number of aromatic nitrogens is 1. The SMILES string of the molecule is CC(C)(C)OC(=O)N1CCC1(C(=O)N1CCC(S(=O)(=O)c2ccc(F)cc2Cl)C1)c1ncc(Cl)cc1F. The standard InChI is InChI=1S/C24H25Cl2F2N3O5S/c1-23(2,3)36-22(33)31-9-7-24(31,20-18(28)10-14(25)12-29-20)21(32)30-8-6-16(13-30)37(34,35)19-5-4-15(27)11-17(19)26/h4-5,10-12,16H,6-9,13H2,1-3H3. The lowest BCUT2D eigenvalue weighted by molar-refractivity contribution is -0.154. The zero-order valence-corrected chi connectivity index (χ0v) is 22.6. The molecule has 4 rings (SSSR count). The third kappa shape index (κ3) is 5.00. The largest absolute Gasteiger partial charge is 0.444 e. The number of likely N-dealkylation sites (tertiary alicyclic amines) is 2. The van der Waals surface area contributed by atoms with Crippen molar-refractivity contribution in [2.45, 2.75) is 54.9 Å². The third-order valence-electron chi connectivity index (χ3n) is 6.40. The summed E-state index contributed by atoms with van der Waals surface area (Å²) in [6.07, 6.45) is 0.466. The van der Waals surface area contributed by atoms with Crippen LogP contribution in [0.5, 0.6) is 0 Å². The van der Waals surface area contributed by atoms with Crippen LogP contribution in [0.25, 0.3) is 0 Å². The van der Waals surface area contributed by atoms with E-state index in [4.69, 9.17) is 27.9 Å². The molecule has 0 bridgehead atoms. The Labute approximate surface area is 223 Å². The van der Waals surface area contributed by atoms with Crippen molar-refractivity contribution in [2.75, 3.05) is 19.6 Å². The van der Waals surface area contributed by atoms with E-state index in [2.05, 4.69) is 4.98 Å². The van der Waals surface area contributed by atoms with Crippen LogP contribution >= 0.6 is 23.2 Å². The van der Waals surface area contributed by atoms with Crippen LogP contribution in [0, 0.1) is 11.6 Å². The summed E-state index contributed by atoms with van der Waals surface area (Å²) in [4.78, 5) is 33.2. The summed E-state index contributed by atoms with van der Waals surface area (Å²) in [6, 6.07) is 3.98. The fraction of sp³-hybridized carbons (Fsp3) is 0.458. The molecule has 2 unspecified atom stereocenters. The molecule has 1 aromatic heterocycles. The van der Waals surface area contributed by atoms with Gasteiger partial charge in [-0.1, -0.05) is 23.2 Å². The Morgan fingerprint density at radius 1 is 1.16 bits per heavy atom. The smallest absolute Gasteiger partial charge is 0.411 e. The summed E-state index contributed by atoms with van der Waals surface area (Å²) < 4.78 is 60.5. The first-order valence-electron chi connectivity index (χ1n) is 11.5. The van der Waals surface area contributed by atoms with Crippen LogP contribution in [0.3, 0.4) is 0 Å². The van der Waals surface area contributed by atoms with Crippen molar-refractivity contribution >= 4 is 45.0 Å². The summed E-state index contributed by atoms with van der Waals surface area (Å²) in [6.45, 7) is 4.88. The fourth-order valence-electron chi connectivity index (χ4n) is 4.61. The number of halogens is 4. The van der Waals surface area contributed by atoms with Crippen LogP contribution in [0.1, 0.15) is 39.3 Å². The minimum Gasteiger partial charge on any atom is -0.444 e. The van der Waals surface area contributed by atoms with Gasteiger partial charge in [-0.05, 0) is 51.5 Å². The second-order valence-electron chi connectivity index (χ2n) is 10.0. The molecule has 0 saturated carbocycles. The Hall–Kier alpha value is -2.50. The van der Waals surface area contributed by atoms with E-state index < -0.39 is 49.9 Å². The van der Waals surface area contributed by atoms with Crippen LogP contribution in [0.4, 0.5) is 13.6 Å². The maximum atomic E-state index is 15.1. The minimum atomic E-state index is -4.02. The Bertz CT molecular complexity index is 1370. The number of hydrogen-bond donors (Lipinski definition) is 0. The Morgan fingerprint density at radius 3 is 2.43 bits per heavy atom. The average Bonchev–Trinajstić information content (AvgIpc) is 3.24. The van der Waals surface area contributed by atoms with Crippen LogP contribution in [-0.2, 0) is 24.9 Å². The van der Waals surface area contributed by atoms with Gasteiger partial charge >= 0.3 is 6.09 Å². The van der Waals surface area contributed by atoms with Crippen LogP contribution in [0.15, 0.2) is 35.4 Å². The highest BCUT2D eigenvalue weighted by Gasteiger charge is 2.60. The fourth-order valence-corrected chi connectivity index (χ4v) is 6.99. The molecule has 0 N–H and O–H groups in total. The molecule has 200 valence electrons. The van der Waals surface area contributed by atoms with Gasteiger partial charge in [0.2, 0.25) is 0 Å². The predicted octanol–water partition coefficient (Wildman–Crippen LogP) is 4.58. The summed E-state index contributed by atoms with van der Waals surface area (Å²) in [5, 5.41) is -1.28. The number of benzene rings is 1. The molecule has 1 aromatic carbocycles. The molecule has 0 aliphatic carbocycles. The van der Waals surface area contributed by atoms with Gasteiger partial charge < -0.3 is 9.64 Å². The molecular formula is C24H25Cl2F2N3O5S. The first-order valence-corrected chi connectivity index (χ1v) is 13.8. The Balaban J connectivity index is 1.68. The van der Waals surface area contributed by atoms with Crippen molar-refractivity contribution in [3.8, 4) is 0 Å². The normalized spacial score (nSPS) is 22.1. The van der Waals surface area contributed by atoms with Gasteiger partial charge in [0, 0.05) is 32.3 Å². The van der Waals surface area contributed by atoms with Gasteiger partial charge in [0.05, 0.1) is 20.2 Å². The molecule has 13 heteroatoms. The second-order valence-corrected chi connectivity index (χ2v) is 13.0. The number of nitrogens with zero attached hydrogens (tertiary/aromatic N) is 3. The molecule has 0 spiro atoms. The number of hydrogen-bond acceptors (Lipinski definition) is 6. The van der Waals surface area contributed by atoms with Crippen molar-refractivity contribution < 1.29 is 31.5 Å². The van der Waals surface area contributed by atoms with Gasteiger partial charge in [0.1, 0.15) is 22.9 Å². The molecule has 2 amide bonds. The lowest BCUT2D eigenvalue weighted by Gasteiger charge is -2.51. The molecule has 8 nitrogen and oxygen atoms in total. The summed E-state index contributed by atoms with van der Waals surface area (Å²) in [7, 11) is -4.02. The molecule has 2 saturated heterocycles. The monoisotopic (exact) mass is 575 g/mol. The van der Waals surface area contributed by atoms with E-state index in [0.29, 0.717) is 0 Å². The van der Waals surface area contributed by atoms with Gasteiger partial charge in [-0.25, -0.2) is 22.0 Å². The minimum absolute atomic E-state index is 0.00972. The van der Waals surface area contributed by atoms with Gasteiger partial charge in [0.15, 0.2) is 15.4 Å². The van der Waals surface area contributed by atoms with Crippen molar-refractivity contribution in [2.24, 2.45) is 0 Å². The van der Waals surface area contributed by atoms with Crippen molar-refractivity contribution in [3.05, 3.63) is 57.8 Å². The molecule has 2 aliphatic rings. The summed E-state index contributed by atoms with van der Waals surface area (Å²) in [5.74, 6) is -2.24. The molecule has 0 radical (unpaired) electrons. The number of pyridine rings is 1. The summed E-state index contributed by atoms with van der Waals surface area (Å²) in [5.41, 5.74) is -3.01. The third-order valence-corrected chi connectivity index (χ3v) is 9.26. The van der Waals surface area contributed by atoms with Gasteiger partial charge in [-0.3, -0.25) is 14.7 Å². The van der Waals surface area contributed by atoms with Gasteiger partial charge in [-0.15, -0.1) is 0 Å². The van der Waals surface area contributed by atoms with Crippen LogP contribution in [-0.4, -0.2) is 65.7 Å². The predicted molar refractivity (Wildman–Crippen MR) is 132 cm³/mol. The van der Waals surface area contributed by atoms with Crippen molar-refractivity contribution in [3.63, 3.8) is 0 Å². The number of ether oxygens (including phenoxy) is 1. The van der Waals surface area contributed by atoms with E-state index >= 15 is 4.39 Å². The zero-order valence-electron chi connectivity index (χ0n) is 20.3. The first kappa shape index (κ1) is 27.5. The highest BCUT2D eigenvalue weighted by Crippen LogP contribution is 2.44. The molecule has 2 aromatic rings. The van der Waals surface area contributed by atoms with Crippen LogP contribution in [0.2, 0.25) is 10.0 Å². The first-order chi connectivity index (χ1) is 17.2. The van der Waals surface area contributed by atoms with Crippen molar-refractivity contribution in [1.29, 1.82) is 0 Å². The lowest BCUT2D eigenvalue weighted by Crippen LogP contribution is -2.68. The molecule has 2 fully saturated rings. The molecule has 2 aliphatic heterocycles. The maximum absolute atomic E-state index is 15.1. The topological polar surface area (TPSA) is 96.9 Å². The van der Waals surface area contributed by atoms with E-state index in [9.17, 15) is 22.4 Å². The molecule has 2 atom stereocenters. The Morgan fingerprint density at radius 2 is 1.86 bits per heavy atom. The number of rotatable bonds is 4. The highest BCUT2D eigenvalue weighted by molar-refractivity contribution is 7.92. The highest BCUT2D eigenvalue weighted by atomic mass is 35.5. The number of amides is 2. The zero-order chi connectivity index (χ0) is 27.3. The van der Waals surface area contributed by atoms with Crippen LogP contribution < -0.4 is 0 Å². The molecular weight excluding hydrogens is 551 g/mol. The summed E-state index contributed by atoms with van der Waals surface area (Å²) >= 11 is 11.9.